The molecule has 1 amide bonds. The maximum absolute atomic E-state index is 12.2. The Hall–Kier alpha value is -2.28. The molecule has 0 fully saturated rings. The van der Waals surface area contributed by atoms with Crippen LogP contribution in [0.1, 0.15) is 40.4 Å². The summed E-state index contributed by atoms with van der Waals surface area (Å²) < 4.78 is 0. The molecule has 0 saturated carbocycles. The molecule has 0 radical (unpaired) electrons. The number of nitro benzene ring substituents is 1. The van der Waals surface area contributed by atoms with Gasteiger partial charge in [0.2, 0.25) is 0 Å². The third-order valence-corrected chi connectivity index (χ3v) is 4.07. The summed E-state index contributed by atoms with van der Waals surface area (Å²) in [4.78, 5) is 26.7. The van der Waals surface area contributed by atoms with Crippen molar-refractivity contribution >= 4 is 22.9 Å². The lowest BCUT2D eigenvalue weighted by Crippen LogP contribution is -2.28. The van der Waals surface area contributed by atoms with Gasteiger partial charge in [-0.1, -0.05) is 6.92 Å². The van der Waals surface area contributed by atoms with Crippen LogP contribution in [0.15, 0.2) is 29.6 Å². The van der Waals surface area contributed by atoms with Crippen molar-refractivity contribution in [3.63, 3.8) is 0 Å². The summed E-state index contributed by atoms with van der Waals surface area (Å²) in [6.45, 7) is 3.88. The van der Waals surface area contributed by atoms with Crippen molar-refractivity contribution < 1.29 is 9.72 Å². The number of amides is 1. The Morgan fingerprint density at radius 1 is 1.43 bits per heavy atom. The number of nitrogens with one attached hydrogen (secondary N) is 1. The topological polar surface area (TPSA) is 85.1 Å². The Morgan fingerprint density at radius 2 is 2.10 bits per heavy atom. The summed E-state index contributed by atoms with van der Waals surface area (Å²) >= 11 is 1.51. The quantitative estimate of drug-likeness (QED) is 0.678. The number of nitrogens with zero attached hydrogens (tertiary/aromatic N) is 2. The molecule has 1 N–H and O–H groups in total. The van der Waals surface area contributed by atoms with E-state index in [-0.39, 0.29) is 17.6 Å². The molecule has 2 aromatic rings. The highest BCUT2D eigenvalue weighted by atomic mass is 32.1. The maximum atomic E-state index is 12.2. The lowest BCUT2D eigenvalue weighted by Gasteiger charge is -2.14. The second-order valence-corrected chi connectivity index (χ2v) is 5.46. The molecule has 0 aliphatic heterocycles. The van der Waals surface area contributed by atoms with Gasteiger partial charge in [-0.3, -0.25) is 14.9 Å². The number of aryl methyl sites for hydroxylation is 1. The molecule has 0 spiro atoms. The van der Waals surface area contributed by atoms with Gasteiger partial charge in [-0.2, -0.15) is 0 Å². The highest BCUT2D eigenvalue weighted by Crippen LogP contribution is 2.21. The SMILES string of the molecule is CCC(NC(=O)c1ccc([N+](=O)[O-])cc1)c1nc(C)cs1. The van der Waals surface area contributed by atoms with Crippen LogP contribution in [0.5, 0.6) is 0 Å². The molecule has 6 nitrogen and oxygen atoms in total. The Bertz CT molecular complexity index is 652. The molecule has 2 rings (SSSR count). The zero-order valence-corrected chi connectivity index (χ0v) is 12.5. The third kappa shape index (κ3) is 3.63. The number of nitro groups is 1. The van der Waals surface area contributed by atoms with Crippen LogP contribution in [-0.4, -0.2) is 15.8 Å². The fourth-order valence-electron chi connectivity index (χ4n) is 1.85. The Kier molecular flexibility index (Phi) is 4.64. The van der Waals surface area contributed by atoms with Gasteiger partial charge in [0, 0.05) is 28.8 Å². The van der Waals surface area contributed by atoms with E-state index in [1.807, 2.05) is 19.2 Å². The maximum Gasteiger partial charge on any atom is 0.269 e. The molecule has 1 unspecified atom stereocenters. The summed E-state index contributed by atoms with van der Waals surface area (Å²) in [5.74, 6) is -0.260. The van der Waals surface area contributed by atoms with Gasteiger partial charge in [0.25, 0.3) is 11.6 Å². The minimum Gasteiger partial charge on any atom is -0.343 e. The van der Waals surface area contributed by atoms with Crippen molar-refractivity contribution in [3.05, 3.63) is 56.0 Å². The highest BCUT2D eigenvalue weighted by molar-refractivity contribution is 7.09. The smallest absolute Gasteiger partial charge is 0.269 e. The van der Waals surface area contributed by atoms with E-state index < -0.39 is 4.92 Å². The molecule has 110 valence electrons. The number of non-ortho nitro benzene ring substituents is 1. The number of carbonyl (C=O) groups is 1. The van der Waals surface area contributed by atoms with Crippen molar-refractivity contribution in [2.75, 3.05) is 0 Å². The van der Waals surface area contributed by atoms with Crippen molar-refractivity contribution in [1.29, 1.82) is 0 Å². The Balaban J connectivity index is 2.10. The first-order valence-electron chi connectivity index (χ1n) is 6.48. The molecule has 0 bridgehead atoms. The number of hydrogen-bond donors (Lipinski definition) is 1. The van der Waals surface area contributed by atoms with Crippen molar-refractivity contribution in [3.8, 4) is 0 Å². The molecule has 1 atom stereocenters. The molecular formula is C14H15N3O3S. The number of aromatic nitrogens is 1. The largest absolute Gasteiger partial charge is 0.343 e. The third-order valence-electron chi connectivity index (χ3n) is 2.99. The van der Waals surface area contributed by atoms with Crippen LogP contribution in [0.3, 0.4) is 0 Å². The van der Waals surface area contributed by atoms with Crippen LogP contribution >= 0.6 is 11.3 Å². The number of rotatable bonds is 5. The molecule has 0 aliphatic rings. The van der Waals surface area contributed by atoms with E-state index in [1.54, 1.807) is 0 Å². The second kappa shape index (κ2) is 6.45. The summed E-state index contributed by atoms with van der Waals surface area (Å²) in [6, 6.07) is 5.40. The summed E-state index contributed by atoms with van der Waals surface area (Å²) in [5.41, 5.74) is 1.29. The molecule has 21 heavy (non-hydrogen) atoms. The van der Waals surface area contributed by atoms with Crippen molar-refractivity contribution in [2.45, 2.75) is 26.3 Å². The van der Waals surface area contributed by atoms with E-state index in [4.69, 9.17) is 0 Å². The lowest BCUT2D eigenvalue weighted by molar-refractivity contribution is -0.384. The van der Waals surface area contributed by atoms with Gasteiger partial charge in [0.1, 0.15) is 5.01 Å². The summed E-state index contributed by atoms with van der Waals surface area (Å²) in [6.07, 6.45) is 0.728. The predicted molar refractivity (Wildman–Crippen MR) is 80.4 cm³/mol. The summed E-state index contributed by atoms with van der Waals surface area (Å²) in [5, 5.41) is 16.3. The van der Waals surface area contributed by atoms with E-state index in [0.717, 1.165) is 17.1 Å². The van der Waals surface area contributed by atoms with Crippen molar-refractivity contribution in [1.82, 2.24) is 10.3 Å². The van der Waals surface area contributed by atoms with Gasteiger partial charge < -0.3 is 5.32 Å². The molecule has 1 aromatic carbocycles. The van der Waals surface area contributed by atoms with Gasteiger partial charge in [-0.15, -0.1) is 11.3 Å². The van der Waals surface area contributed by atoms with Gasteiger partial charge >= 0.3 is 0 Å². The van der Waals surface area contributed by atoms with Crippen LogP contribution in [0, 0.1) is 17.0 Å². The first-order valence-corrected chi connectivity index (χ1v) is 7.36. The monoisotopic (exact) mass is 305 g/mol. The van der Waals surface area contributed by atoms with Gasteiger partial charge in [0.15, 0.2) is 0 Å². The molecule has 0 saturated heterocycles. The molecule has 7 heteroatoms. The standard InChI is InChI=1S/C14H15N3O3S/c1-3-12(14-15-9(2)8-21-14)16-13(18)10-4-6-11(7-5-10)17(19)20/h4-8,12H,3H2,1-2H3,(H,16,18). The minimum atomic E-state index is -0.491. The van der Waals surface area contributed by atoms with Crippen molar-refractivity contribution in [2.24, 2.45) is 0 Å². The van der Waals surface area contributed by atoms with E-state index in [2.05, 4.69) is 10.3 Å². The average Bonchev–Trinajstić information content (AvgIpc) is 2.91. The number of hydrogen-bond acceptors (Lipinski definition) is 5. The van der Waals surface area contributed by atoms with Crippen LogP contribution in [0.4, 0.5) is 5.69 Å². The first-order chi connectivity index (χ1) is 10.0. The van der Waals surface area contributed by atoms with Gasteiger partial charge in [0.05, 0.1) is 11.0 Å². The Morgan fingerprint density at radius 3 is 2.57 bits per heavy atom. The van der Waals surface area contributed by atoms with E-state index in [9.17, 15) is 14.9 Å². The highest BCUT2D eigenvalue weighted by Gasteiger charge is 2.17. The molecule has 1 heterocycles. The van der Waals surface area contributed by atoms with Gasteiger partial charge in [-0.05, 0) is 25.5 Å². The fraction of sp³-hybridized carbons (Fsp3) is 0.286. The number of thiazole rings is 1. The Labute approximate surface area is 126 Å². The first kappa shape index (κ1) is 15.1. The molecule has 1 aromatic heterocycles. The van der Waals surface area contributed by atoms with Crippen LogP contribution < -0.4 is 5.32 Å². The molecular weight excluding hydrogens is 290 g/mol. The van der Waals surface area contributed by atoms with Gasteiger partial charge in [-0.25, -0.2) is 4.98 Å². The lowest BCUT2D eigenvalue weighted by atomic mass is 10.1. The van der Waals surface area contributed by atoms with Crippen LogP contribution in [-0.2, 0) is 0 Å². The van der Waals surface area contributed by atoms with E-state index in [1.165, 1.54) is 35.6 Å². The number of benzene rings is 1. The predicted octanol–water partition coefficient (Wildman–Crippen LogP) is 3.24. The average molecular weight is 305 g/mol. The van der Waals surface area contributed by atoms with Crippen LogP contribution in [0.25, 0.3) is 0 Å². The molecule has 0 aliphatic carbocycles. The number of carbonyl (C=O) groups excluding carboxylic acids is 1. The zero-order valence-electron chi connectivity index (χ0n) is 11.7. The normalized spacial score (nSPS) is 11.9. The minimum absolute atomic E-state index is 0.0332. The summed E-state index contributed by atoms with van der Waals surface area (Å²) in [7, 11) is 0. The van der Waals surface area contributed by atoms with E-state index in [0.29, 0.717) is 5.56 Å². The van der Waals surface area contributed by atoms with Crippen LogP contribution in [0.2, 0.25) is 0 Å². The second-order valence-electron chi connectivity index (χ2n) is 4.57. The zero-order chi connectivity index (χ0) is 15.4. The fourth-order valence-corrected chi connectivity index (χ4v) is 2.78. The van der Waals surface area contributed by atoms with E-state index >= 15 is 0 Å².